The zero-order valence-corrected chi connectivity index (χ0v) is 15.9. The van der Waals surface area contributed by atoms with Gasteiger partial charge in [0, 0.05) is 0 Å². The van der Waals surface area contributed by atoms with Crippen molar-refractivity contribution < 1.29 is 21.9 Å². The van der Waals surface area contributed by atoms with Crippen LogP contribution >= 0.6 is 0 Å². The van der Waals surface area contributed by atoms with Crippen molar-refractivity contribution in [3.63, 3.8) is 0 Å². The number of aliphatic hydroxyl groups is 1. The van der Waals surface area contributed by atoms with Crippen LogP contribution in [0.5, 0.6) is 0 Å². The summed E-state index contributed by atoms with van der Waals surface area (Å²) < 4.78 is 51.9. The van der Waals surface area contributed by atoms with E-state index in [0.29, 0.717) is 19.3 Å². The first-order valence-corrected chi connectivity index (χ1v) is 11.6. The molecule has 1 aliphatic carbocycles. The summed E-state index contributed by atoms with van der Waals surface area (Å²) in [5, 5.41) is 10.8. The SMILES string of the molecule is O=S(=O)(c1ccccc1)C1(S(=O)(=O)c2ccccc2)CCCCCC1O. The molecule has 0 heterocycles. The van der Waals surface area contributed by atoms with Crippen molar-refractivity contribution in [3.8, 4) is 0 Å². The van der Waals surface area contributed by atoms with Crippen molar-refractivity contribution in [1.82, 2.24) is 0 Å². The van der Waals surface area contributed by atoms with Crippen LogP contribution in [0.15, 0.2) is 70.5 Å². The van der Waals surface area contributed by atoms with Crippen LogP contribution in [0.4, 0.5) is 0 Å². The van der Waals surface area contributed by atoms with E-state index in [-0.39, 0.29) is 22.6 Å². The monoisotopic (exact) mass is 394 g/mol. The van der Waals surface area contributed by atoms with Crippen LogP contribution < -0.4 is 0 Å². The van der Waals surface area contributed by atoms with Gasteiger partial charge in [-0.15, -0.1) is 0 Å². The summed E-state index contributed by atoms with van der Waals surface area (Å²) in [4.78, 5) is -0.166. The molecule has 0 bridgehead atoms. The van der Waals surface area contributed by atoms with Crippen molar-refractivity contribution in [2.45, 2.75) is 52.1 Å². The van der Waals surface area contributed by atoms with E-state index in [0.717, 1.165) is 0 Å². The molecule has 0 saturated heterocycles. The first-order valence-electron chi connectivity index (χ1n) is 8.61. The molecule has 5 nitrogen and oxygen atoms in total. The third-order valence-corrected chi connectivity index (χ3v) is 10.9. The summed E-state index contributed by atoms with van der Waals surface area (Å²) >= 11 is 0. The fraction of sp³-hybridized carbons (Fsp3) is 0.368. The number of benzene rings is 2. The summed E-state index contributed by atoms with van der Waals surface area (Å²) in [5.41, 5.74) is 0. The Morgan fingerprint density at radius 2 is 1.19 bits per heavy atom. The van der Waals surface area contributed by atoms with E-state index >= 15 is 0 Å². The minimum atomic E-state index is -4.34. The van der Waals surface area contributed by atoms with E-state index in [1.807, 2.05) is 0 Å². The summed E-state index contributed by atoms with van der Waals surface area (Å²) in [6.07, 6.45) is 0.237. The Labute approximate surface area is 154 Å². The van der Waals surface area contributed by atoms with Crippen molar-refractivity contribution >= 4 is 19.7 Å². The van der Waals surface area contributed by atoms with Gasteiger partial charge in [0.05, 0.1) is 15.9 Å². The molecule has 2 aromatic carbocycles. The van der Waals surface area contributed by atoms with Crippen molar-refractivity contribution in [2.75, 3.05) is 0 Å². The van der Waals surface area contributed by atoms with E-state index in [9.17, 15) is 21.9 Å². The maximum absolute atomic E-state index is 13.6. The first kappa shape index (κ1) is 19.1. The van der Waals surface area contributed by atoms with Gasteiger partial charge < -0.3 is 5.11 Å². The van der Waals surface area contributed by atoms with Crippen molar-refractivity contribution in [3.05, 3.63) is 60.7 Å². The fourth-order valence-electron chi connectivity index (χ4n) is 3.64. The highest BCUT2D eigenvalue weighted by atomic mass is 32.3. The average molecular weight is 395 g/mol. The van der Waals surface area contributed by atoms with Gasteiger partial charge in [-0.25, -0.2) is 16.8 Å². The second-order valence-electron chi connectivity index (χ2n) is 6.56. The number of hydrogen-bond acceptors (Lipinski definition) is 5. The van der Waals surface area contributed by atoms with E-state index in [4.69, 9.17) is 0 Å². The van der Waals surface area contributed by atoms with E-state index in [1.54, 1.807) is 36.4 Å². The van der Waals surface area contributed by atoms with Gasteiger partial charge in [0.15, 0.2) is 0 Å². The highest BCUT2D eigenvalue weighted by Gasteiger charge is 2.60. The highest BCUT2D eigenvalue weighted by molar-refractivity contribution is 8.10. The van der Waals surface area contributed by atoms with Crippen LogP contribution in [0.2, 0.25) is 0 Å². The van der Waals surface area contributed by atoms with Gasteiger partial charge in [0.2, 0.25) is 23.8 Å². The molecular formula is C19H22O5S2. The minimum Gasteiger partial charge on any atom is -0.390 e. The molecule has 1 saturated carbocycles. The van der Waals surface area contributed by atoms with Gasteiger partial charge in [0.25, 0.3) is 0 Å². The zero-order chi connectivity index (χ0) is 18.8. The molecule has 1 aliphatic rings. The molecule has 1 N–H and O–H groups in total. The summed E-state index contributed by atoms with van der Waals surface area (Å²) in [6.45, 7) is 0. The van der Waals surface area contributed by atoms with Crippen LogP contribution in [0.25, 0.3) is 0 Å². The molecule has 0 radical (unpaired) electrons. The predicted molar refractivity (Wildman–Crippen MR) is 99.1 cm³/mol. The van der Waals surface area contributed by atoms with Crippen LogP contribution in [0.1, 0.15) is 32.1 Å². The van der Waals surface area contributed by atoms with Crippen molar-refractivity contribution in [2.24, 2.45) is 0 Å². The Bertz CT molecular complexity index is 882. The van der Waals surface area contributed by atoms with Crippen LogP contribution in [0, 0.1) is 0 Å². The molecule has 0 amide bonds. The third-order valence-electron chi connectivity index (χ3n) is 5.03. The predicted octanol–water partition coefficient (Wildman–Crippen LogP) is 2.96. The number of rotatable bonds is 4. The van der Waals surface area contributed by atoms with Crippen LogP contribution in [0.3, 0.4) is 0 Å². The molecule has 3 rings (SSSR count). The maximum atomic E-state index is 13.6. The number of aliphatic hydroxyl groups excluding tert-OH is 1. The number of sulfone groups is 2. The zero-order valence-electron chi connectivity index (χ0n) is 14.3. The quantitative estimate of drug-likeness (QED) is 0.806. The molecule has 0 aliphatic heterocycles. The van der Waals surface area contributed by atoms with Crippen LogP contribution in [-0.2, 0) is 19.7 Å². The first-order chi connectivity index (χ1) is 12.3. The largest absolute Gasteiger partial charge is 0.390 e. The Morgan fingerprint density at radius 3 is 1.65 bits per heavy atom. The highest BCUT2D eigenvalue weighted by Crippen LogP contribution is 2.45. The Kier molecular flexibility index (Phi) is 5.23. The van der Waals surface area contributed by atoms with Gasteiger partial charge in [0.1, 0.15) is 0 Å². The maximum Gasteiger partial charge on any atom is 0.207 e. The van der Waals surface area contributed by atoms with Gasteiger partial charge in [-0.2, -0.15) is 0 Å². The Morgan fingerprint density at radius 1 is 0.731 bits per heavy atom. The van der Waals surface area contributed by atoms with Gasteiger partial charge >= 0.3 is 0 Å². The summed E-state index contributed by atoms with van der Waals surface area (Å²) in [6, 6.07) is 15.1. The lowest BCUT2D eigenvalue weighted by Crippen LogP contribution is -2.54. The Hall–Kier alpha value is -1.70. The lowest BCUT2D eigenvalue weighted by atomic mass is 10.1. The molecule has 2 aromatic rings. The molecule has 1 unspecified atom stereocenters. The summed E-state index contributed by atoms with van der Waals surface area (Å²) in [7, 11) is -8.68. The standard InChI is InChI=1S/C19H22O5S2/c20-18-14-8-3-9-15-19(18,25(21,22)16-10-4-1-5-11-16)26(23,24)17-12-6-2-7-13-17/h1-2,4-7,10-13,18,20H,3,8-9,14-15H2. The van der Waals surface area contributed by atoms with Gasteiger partial charge in [-0.1, -0.05) is 55.7 Å². The second kappa shape index (κ2) is 7.13. The molecule has 26 heavy (non-hydrogen) atoms. The lowest BCUT2D eigenvalue weighted by molar-refractivity contribution is 0.145. The normalized spacial score (nSPS) is 21.0. The van der Waals surface area contributed by atoms with E-state index in [1.165, 1.54) is 24.3 Å². The molecule has 1 fully saturated rings. The minimum absolute atomic E-state index is 0.0829. The number of hydrogen-bond donors (Lipinski definition) is 1. The van der Waals surface area contributed by atoms with Gasteiger partial charge in [-0.3, -0.25) is 0 Å². The summed E-state index contributed by atoms with van der Waals surface area (Å²) in [5.74, 6) is 0. The van der Waals surface area contributed by atoms with E-state index in [2.05, 4.69) is 0 Å². The molecular weight excluding hydrogens is 372 g/mol. The third kappa shape index (κ3) is 2.88. The van der Waals surface area contributed by atoms with Crippen molar-refractivity contribution in [1.29, 1.82) is 0 Å². The average Bonchev–Trinajstić information content (AvgIpc) is 2.86. The fourth-order valence-corrected chi connectivity index (χ4v) is 8.98. The molecule has 1 atom stereocenters. The molecule has 140 valence electrons. The topological polar surface area (TPSA) is 88.5 Å². The molecule has 0 spiro atoms. The smallest absolute Gasteiger partial charge is 0.207 e. The molecule has 0 aromatic heterocycles. The second-order valence-corrected chi connectivity index (χ2v) is 11.2. The van der Waals surface area contributed by atoms with E-state index < -0.39 is 29.9 Å². The molecule has 7 heteroatoms. The van der Waals surface area contributed by atoms with Crippen LogP contribution in [-0.4, -0.2) is 32.1 Å². The lowest BCUT2D eigenvalue weighted by Gasteiger charge is -2.35. The Balaban J connectivity index is 2.31. The van der Waals surface area contributed by atoms with Gasteiger partial charge in [-0.05, 0) is 37.1 Å².